The van der Waals surface area contributed by atoms with Gasteiger partial charge in [0.2, 0.25) is 0 Å². The largest absolute Gasteiger partial charge is 0.384 e. The molecule has 1 aliphatic rings. The SMILES string of the molecule is N#CC1=C(N)NC(C(C#N)C#N)=C(C#N)[C@@H]1c1ccccc1. The smallest absolute Gasteiger partial charge is 0.173 e. The summed E-state index contributed by atoms with van der Waals surface area (Å²) in [6, 6.07) is 16.6. The Hall–Kier alpha value is -3.74. The molecule has 2 rings (SSSR count). The third kappa shape index (κ3) is 2.34. The van der Waals surface area contributed by atoms with Crippen LogP contribution in [0, 0.1) is 51.2 Å². The van der Waals surface area contributed by atoms with Crippen LogP contribution in [0.25, 0.3) is 0 Å². The molecule has 1 aliphatic heterocycles. The van der Waals surface area contributed by atoms with Crippen molar-refractivity contribution in [2.45, 2.75) is 5.92 Å². The van der Waals surface area contributed by atoms with Gasteiger partial charge in [-0.25, -0.2) is 0 Å². The molecule has 3 N–H and O–H groups in total. The van der Waals surface area contributed by atoms with Gasteiger partial charge in [-0.3, -0.25) is 0 Å². The summed E-state index contributed by atoms with van der Waals surface area (Å²) in [6.45, 7) is 0. The Balaban J connectivity index is 2.71. The van der Waals surface area contributed by atoms with Gasteiger partial charge in [0.15, 0.2) is 5.92 Å². The van der Waals surface area contributed by atoms with Crippen LogP contribution in [0.4, 0.5) is 0 Å². The van der Waals surface area contributed by atoms with Crippen LogP contribution in [0.2, 0.25) is 0 Å². The van der Waals surface area contributed by atoms with E-state index in [1.807, 2.05) is 30.3 Å². The monoisotopic (exact) mass is 286 g/mol. The summed E-state index contributed by atoms with van der Waals surface area (Å²) in [5.41, 5.74) is 7.05. The van der Waals surface area contributed by atoms with E-state index in [0.717, 1.165) is 0 Å². The molecule has 1 aromatic carbocycles. The third-order valence-electron chi connectivity index (χ3n) is 3.35. The van der Waals surface area contributed by atoms with Gasteiger partial charge in [-0.2, -0.15) is 21.0 Å². The van der Waals surface area contributed by atoms with Gasteiger partial charge in [0, 0.05) is 0 Å². The van der Waals surface area contributed by atoms with Crippen LogP contribution >= 0.6 is 0 Å². The highest BCUT2D eigenvalue weighted by atomic mass is 15.0. The summed E-state index contributed by atoms with van der Waals surface area (Å²) < 4.78 is 0. The van der Waals surface area contributed by atoms with Gasteiger partial charge in [-0.1, -0.05) is 30.3 Å². The Morgan fingerprint density at radius 3 is 2.05 bits per heavy atom. The quantitative estimate of drug-likeness (QED) is 0.846. The van der Waals surface area contributed by atoms with Gasteiger partial charge in [-0.15, -0.1) is 0 Å². The molecule has 6 nitrogen and oxygen atoms in total. The summed E-state index contributed by atoms with van der Waals surface area (Å²) in [6.07, 6.45) is 0. The van der Waals surface area contributed by atoms with Crippen LogP contribution in [0.15, 0.2) is 53.0 Å². The van der Waals surface area contributed by atoms with Crippen molar-refractivity contribution in [1.82, 2.24) is 5.32 Å². The van der Waals surface area contributed by atoms with Crippen molar-refractivity contribution in [3.8, 4) is 24.3 Å². The average Bonchev–Trinajstić information content (AvgIpc) is 2.56. The minimum Gasteiger partial charge on any atom is -0.384 e. The summed E-state index contributed by atoms with van der Waals surface area (Å²) in [5, 5.41) is 39.7. The van der Waals surface area contributed by atoms with Crippen molar-refractivity contribution < 1.29 is 0 Å². The highest BCUT2D eigenvalue weighted by Crippen LogP contribution is 2.37. The van der Waals surface area contributed by atoms with E-state index in [1.54, 1.807) is 24.3 Å². The Labute approximate surface area is 127 Å². The van der Waals surface area contributed by atoms with Gasteiger partial charge in [0.1, 0.15) is 5.82 Å². The van der Waals surface area contributed by atoms with Crippen LogP contribution in [-0.4, -0.2) is 0 Å². The first kappa shape index (κ1) is 14.7. The zero-order chi connectivity index (χ0) is 16.1. The maximum Gasteiger partial charge on any atom is 0.173 e. The highest BCUT2D eigenvalue weighted by Gasteiger charge is 2.34. The fraction of sp³-hybridized carbons (Fsp3) is 0.125. The van der Waals surface area contributed by atoms with Crippen molar-refractivity contribution in [1.29, 1.82) is 21.0 Å². The number of nitrogens with zero attached hydrogens (tertiary/aromatic N) is 4. The minimum atomic E-state index is -1.15. The summed E-state index contributed by atoms with van der Waals surface area (Å²) >= 11 is 0. The maximum absolute atomic E-state index is 9.49. The van der Waals surface area contributed by atoms with Crippen LogP contribution in [0.3, 0.4) is 0 Å². The molecule has 0 saturated carbocycles. The van der Waals surface area contributed by atoms with Gasteiger partial charge < -0.3 is 11.1 Å². The molecule has 0 spiro atoms. The molecule has 22 heavy (non-hydrogen) atoms. The fourth-order valence-corrected chi connectivity index (χ4v) is 2.35. The summed E-state index contributed by atoms with van der Waals surface area (Å²) in [4.78, 5) is 0. The van der Waals surface area contributed by atoms with Crippen LogP contribution in [0.5, 0.6) is 0 Å². The molecule has 6 heteroatoms. The zero-order valence-electron chi connectivity index (χ0n) is 11.4. The molecule has 0 aliphatic carbocycles. The summed E-state index contributed by atoms with van der Waals surface area (Å²) in [5.74, 6) is -1.78. The highest BCUT2D eigenvalue weighted by molar-refractivity contribution is 5.56. The molecular formula is C16H10N6. The van der Waals surface area contributed by atoms with E-state index in [4.69, 9.17) is 16.3 Å². The van der Waals surface area contributed by atoms with Gasteiger partial charge >= 0.3 is 0 Å². The van der Waals surface area contributed by atoms with E-state index in [9.17, 15) is 10.5 Å². The first-order chi connectivity index (χ1) is 10.7. The van der Waals surface area contributed by atoms with Crippen molar-refractivity contribution >= 4 is 0 Å². The molecule has 104 valence electrons. The second-order valence-corrected chi connectivity index (χ2v) is 4.54. The molecule has 0 aromatic heterocycles. The van der Waals surface area contributed by atoms with Crippen molar-refractivity contribution in [3.63, 3.8) is 0 Å². The van der Waals surface area contributed by atoms with E-state index >= 15 is 0 Å². The average molecular weight is 286 g/mol. The summed E-state index contributed by atoms with van der Waals surface area (Å²) in [7, 11) is 0. The van der Waals surface area contributed by atoms with Crippen LogP contribution in [-0.2, 0) is 0 Å². The van der Waals surface area contributed by atoms with E-state index in [-0.39, 0.29) is 22.7 Å². The molecule has 0 fully saturated rings. The van der Waals surface area contributed by atoms with Crippen molar-refractivity contribution in [2.75, 3.05) is 0 Å². The zero-order valence-corrected chi connectivity index (χ0v) is 11.4. The molecule has 1 heterocycles. The lowest BCUT2D eigenvalue weighted by Gasteiger charge is -2.27. The van der Waals surface area contributed by atoms with Crippen LogP contribution < -0.4 is 11.1 Å². The van der Waals surface area contributed by atoms with Gasteiger partial charge in [0.05, 0.1) is 47.0 Å². The second kappa shape index (κ2) is 6.14. The number of hydrogen-bond donors (Lipinski definition) is 2. The first-order valence-electron chi connectivity index (χ1n) is 6.33. The molecule has 0 unspecified atom stereocenters. The lowest BCUT2D eigenvalue weighted by atomic mass is 9.80. The molecule has 0 radical (unpaired) electrons. The number of nitrogens with two attached hydrogens (primary N) is 1. The van der Waals surface area contributed by atoms with E-state index < -0.39 is 11.8 Å². The minimum absolute atomic E-state index is 0.0563. The topological polar surface area (TPSA) is 133 Å². The molecule has 0 bridgehead atoms. The predicted octanol–water partition coefficient (Wildman–Crippen LogP) is 1.51. The first-order valence-corrected chi connectivity index (χ1v) is 6.33. The standard InChI is InChI=1S/C16H10N6/c17-6-11(7-18)15-12(8-19)14(10-4-2-1-3-5-10)13(9-20)16(21)22-15/h1-5,11,14,22H,21H2/t14-/m0/s1. The van der Waals surface area contributed by atoms with E-state index in [0.29, 0.717) is 5.56 Å². The number of benzene rings is 1. The Bertz CT molecular complexity index is 807. The predicted molar refractivity (Wildman–Crippen MR) is 76.5 cm³/mol. The second-order valence-electron chi connectivity index (χ2n) is 4.54. The number of allylic oxidation sites excluding steroid dienone is 3. The van der Waals surface area contributed by atoms with Gasteiger partial charge in [0.25, 0.3) is 0 Å². The lowest BCUT2D eigenvalue weighted by molar-refractivity contribution is 0.743. The number of dihydropyridines is 1. The number of hydrogen-bond acceptors (Lipinski definition) is 6. The molecular weight excluding hydrogens is 276 g/mol. The van der Waals surface area contributed by atoms with Crippen LogP contribution in [0.1, 0.15) is 11.5 Å². The number of nitriles is 4. The van der Waals surface area contributed by atoms with Crippen molar-refractivity contribution in [2.24, 2.45) is 11.7 Å². The molecule has 1 aromatic rings. The van der Waals surface area contributed by atoms with E-state index in [2.05, 4.69) is 5.32 Å². The molecule has 0 amide bonds. The third-order valence-corrected chi connectivity index (χ3v) is 3.35. The Morgan fingerprint density at radius 1 is 0.955 bits per heavy atom. The fourth-order valence-electron chi connectivity index (χ4n) is 2.35. The number of rotatable bonds is 2. The molecule has 1 atom stereocenters. The van der Waals surface area contributed by atoms with Crippen molar-refractivity contribution in [3.05, 3.63) is 58.6 Å². The van der Waals surface area contributed by atoms with E-state index in [1.165, 1.54) is 0 Å². The molecule has 0 saturated heterocycles. The number of nitrogens with one attached hydrogen (secondary N) is 1. The van der Waals surface area contributed by atoms with Gasteiger partial charge in [-0.05, 0) is 5.56 Å². The normalized spacial score (nSPS) is 17.0. The lowest BCUT2D eigenvalue weighted by Crippen LogP contribution is -2.33. The Kier molecular flexibility index (Phi) is 4.09. The maximum atomic E-state index is 9.49. The Morgan fingerprint density at radius 2 is 1.55 bits per heavy atom.